The van der Waals surface area contributed by atoms with Gasteiger partial charge in [-0.15, -0.1) is 0 Å². The number of hydrogen-bond donors (Lipinski definition) is 0. The highest BCUT2D eigenvalue weighted by molar-refractivity contribution is 5.81. The molecule has 0 aromatic heterocycles. The van der Waals surface area contributed by atoms with Gasteiger partial charge in [-0.3, -0.25) is 9.59 Å². The average Bonchev–Trinajstić information content (AvgIpc) is 3.39. The molecule has 138 valence electrons. The Kier molecular flexibility index (Phi) is 3.87. The summed E-state index contributed by atoms with van der Waals surface area (Å²) in [6, 6.07) is 0. The molecule has 5 aliphatic carbocycles. The smallest absolute Gasteiger partial charge is 0.225 e. The zero-order valence-electron chi connectivity index (χ0n) is 15.4. The van der Waals surface area contributed by atoms with Crippen molar-refractivity contribution in [3.63, 3.8) is 0 Å². The van der Waals surface area contributed by atoms with E-state index in [9.17, 15) is 9.59 Å². The first-order valence-electron chi connectivity index (χ1n) is 10.7. The first-order valence-corrected chi connectivity index (χ1v) is 10.7. The number of rotatable bonds is 3. The summed E-state index contributed by atoms with van der Waals surface area (Å²) in [4.78, 5) is 29.5. The molecule has 5 saturated carbocycles. The Bertz CT molecular complexity index is 533. The van der Waals surface area contributed by atoms with Crippen LogP contribution in [-0.2, 0) is 9.59 Å². The topological polar surface area (TPSA) is 40.6 Å². The third-order valence-electron chi connectivity index (χ3n) is 7.78. The lowest BCUT2D eigenvalue weighted by atomic mass is 9.49. The molecule has 1 saturated heterocycles. The molecule has 0 spiro atoms. The molecule has 4 bridgehead atoms. The second kappa shape index (κ2) is 5.99. The van der Waals surface area contributed by atoms with Gasteiger partial charge < -0.3 is 9.80 Å². The van der Waals surface area contributed by atoms with Gasteiger partial charge in [-0.25, -0.2) is 0 Å². The number of carbonyl (C=O) groups excluding carboxylic acids is 2. The monoisotopic (exact) mass is 344 g/mol. The van der Waals surface area contributed by atoms with Crippen molar-refractivity contribution in [1.82, 2.24) is 9.80 Å². The van der Waals surface area contributed by atoms with Crippen molar-refractivity contribution in [2.24, 2.45) is 29.1 Å². The van der Waals surface area contributed by atoms with E-state index >= 15 is 0 Å². The third-order valence-corrected chi connectivity index (χ3v) is 7.78. The third kappa shape index (κ3) is 3.10. The van der Waals surface area contributed by atoms with Gasteiger partial charge in [0.2, 0.25) is 11.8 Å². The van der Waals surface area contributed by atoms with Gasteiger partial charge in [0.1, 0.15) is 0 Å². The quantitative estimate of drug-likeness (QED) is 0.789. The summed E-state index contributed by atoms with van der Waals surface area (Å²) in [6.45, 7) is 3.20. The van der Waals surface area contributed by atoms with E-state index in [-0.39, 0.29) is 0 Å². The maximum Gasteiger partial charge on any atom is 0.225 e. The molecule has 25 heavy (non-hydrogen) atoms. The van der Waals surface area contributed by atoms with Crippen molar-refractivity contribution in [1.29, 1.82) is 0 Å². The number of carbonyl (C=O) groups is 2. The SMILES string of the molecule is O=C(CC12CC3CC(CC(C3)C1)C2)N1CCCN(C(=O)C2CC2)CC1. The van der Waals surface area contributed by atoms with Gasteiger partial charge in [0.05, 0.1) is 0 Å². The molecule has 6 aliphatic rings. The molecular weight excluding hydrogens is 312 g/mol. The minimum Gasteiger partial charge on any atom is -0.341 e. The predicted octanol–water partition coefficient (Wildman–Crippen LogP) is 3.06. The Morgan fingerprint density at radius 3 is 1.96 bits per heavy atom. The van der Waals surface area contributed by atoms with Gasteiger partial charge in [-0.05, 0) is 81.0 Å². The number of amides is 2. The molecule has 0 radical (unpaired) electrons. The van der Waals surface area contributed by atoms with Crippen LogP contribution >= 0.6 is 0 Å². The molecule has 6 fully saturated rings. The highest BCUT2D eigenvalue weighted by Gasteiger charge is 2.51. The second-order valence-electron chi connectivity index (χ2n) is 9.93. The Morgan fingerprint density at radius 2 is 1.36 bits per heavy atom. The fourth-order valence-electron chi connectivity index (χ4n) is 6.91. The average molecular weight is 344 g/mol. The van der Waals surface area contributed by atoms with E-state index in [0.29, 0.717) is 23.1 Å². The van der Waals surface area contributed by atoms with Crippen molar-refractivity contribution in [2.75, 3.05) is 26.2 Å². The van der Waals surface area contributed by atoms with Gasteiger partial charge in [0, 0.05) is 38.5 Å². The Morgan fingerprint density at radius 1 is 0.800 bits per heavy atom. The molecule has 0 aromatic carbocycles. The van der Waals surface area contributed by atoms with Gasteiger partial charge in [0.25, 0.3) is 0 Å². The minimum absolute atomic E-state index is 0.300. The summed E-state index contributed by atoms with van der Waals surface area (Å²) in [7, 11) is 0. The normalized spacial score (nSPS) is 40.2. The summed E-state index contributed by atoms with van der Waals surface area (Å²) in [5, 5.41) is 0. The lowest BCUT2D eigenvalue weighted by Gasteiger charge is -2.57. The largest absolute Gasteiger partial charge is 0.341 e. The zero-order valence-corrected chi connectivity index (χ0v) is 15.4. The van der Waals surface area contributed by atoms with Crippen LogP contribution in [0.2, 0.25) is 0 Å². The molecule has 1 heterocycles. The standard InChI is InChI=1S/C21H32N2O2/c24-19(14-21-11-15-8-16(12-21)10-17(9-15)13-21)22-4-1-5-23(7-6-22)20(25)18-2-3-18/h15-18H,1-14H2. The molecule has 0 atom stereocenters. The van der Waals surface area contributed by atoms with Gasteiger partial charge in [0.15, 0.2) is 0 Å². The maximum absolute atomic E-state index is 13.1. The highest BCUT2D eigenvalue weighted by atomic mass is 16.2. The zero-order chi connectivity index (χ0) is 17.0. The summed E-state index contributed by atoms with van der Waals surface area (Å²) in [5.74, 6) is 3.76. The van der Waals surface area contributed by atoms with Crippen molar-refractivity contribution < 1.29 is 9.59 Å². The Balaban J connectivity index is 1.20. The summed E-state index contributed by atoms with van der Waals surface area (Å²) in [5.41, 5.74) is 0.335. The molecular formula is C21H32N2O2. The predicted molar refractivity (Wildman–Crippen MR) is 95.7 cm³/mol. The van der Waals surface area contributed by atoms with Crippen LogP contribution in [0.15, 0.2) is 0 Å². The van der Waals surface area contributed by atoms with Crippen LogP contribution in [0, 0.1) is 29.1 Å². The lowest BCUT2D eigenvalue weighted by Crippen LogP contribution is -2.48. The second-order valence-corrected chi connectivity index (χ2v) is 9.93. The van der Waals surface area contributed by atoms with Crippen LogP contribution in [0.3, 0.4) is 0 Å². The first-order chi connectivity index (χ1) is 12.1. The van der Waals surface area contributed by atoms with E-state index in [1.165, 1.54) is 38.5 Å². The van der Waals surface area contributed by atoms with E-state index in [2.05, 4.69) is 4.90 Å². The summed E-state index contributed by atoms with van der Waals surface area (Å²) < 4.78 is 0. The molecule has 4 heteroatoms. The van der Waals surface area contributed by atoms with Crippen LogP contribution in [-0.4, -0.2) is 47.8 Å². The Labute approximate surface area is 151 Å². The number of nitrogens with zero attached hydrogens (tertiary/aromatic N) is 2. The minimum atomic E-state index is 0.300. The fraction of sp³-hybridized carbons (Fsp3) is 0.905. The number of hydrogen-bond acceptors (Lipinski definition) is 2. The van der Waals surface area contributed by atoms with Crippen LogP contribution in [0.5, 0.6) is 0 Å². The molecule has 0 N–H and O–H groups in total. The van der Waals surface area contributed by atoms with Crippen LogP contribution in [0.25, 0.3) is 0 Å². The molecule has 1 aliphatic heterocycles. The van der Waals surface area contributed by atoms with Crippen molar-refractivity contribution in [3.05, 3.63) is 0 Å². The van der Waals surface area contributed by atoms with E-state index < -0.39 is 0 Å². The van der Waals surface area contributed by atoms with Crippen molar-refractivity contribution in [3.8, 4) is 0 Å². The van der Waals surface area contributed by atoms with E-state index in [1.807, 2.05) is 4.90 Å². The molecule has 0 aromatic rings. The lowest BCUT2D eigenvalue weighted by molar-refractivity contribution is -0.140. The maximum atomic E-state index is 13.1. The van der Waals surface area contributed by atoms with Crippen LogP contribution in [0.1, 0.15) is 64.2 Å². The summed E-state index contributed by atoms with van der Waals surface area (Å²) >= 11 is 0. The van der Waals surface area contributed by atoms with Gasteiger partial charge >= 0.3 is 0 Å². The van der Waals surface area contributed by atoms with Crippen LogP contribution < -0.4 is 0 Å². The van der Waals surface area contributed by atoms with E-state index in [4.69, 9.17) is 0 Å². The fourth-order valence-corrected chi connectivity index (χ4v) is 6.91. The van der Waals surface area contributed by atoms with Crippen LogP contribution in [0.4, 0.5) is 0 Å². The highest BCUT2D eigenvalue weighted by Crippen LogP contribution is 2.61. The molecule has 6 rings (SSSR count). The van der Waals surface area contributed by atoms with E-state index in [0.717, 1.165) is 69.6 Å². The molecule has 2 amide bonds. The Hall–Kier alpha value is -1.06. The summed E-state index contributed by atoms with van der Waals surface area (Å²) in [6.07, 6.45) is 12.1. The van der Waals surface area contributed by atoms with Crippen molar-refractivity contribution >= 4 is 11.8 Å². The van der Waals surface area contributed by atoms with Gasteiger partial charge in [-0.2, -0.15) is 0 Å². The molecule has 4 nitrogen and oxygen atoms in total. The first kappa shape index (κ1) is 16.1. The van der Waals surface area contributed by atoms with Gasteiger partial charge in [-0.1, -0.05) is 0 Å². The van der Waals surface area contributed by atoms with E-state index in [1.54, 1.807) is 0 Å². The van der Waals surface area contributed by atoms with Crippen molar-refractivity contribution in [2.45, 2.75) is 64.2 Å². The molecule has 0 unspecified atom stereocenters.